The molecule has 1 aromatic carbocycles. The molecule has 0 N–H and O–H groups in total. The van der Waals surface area contributed by atoms with E-state index in [1.165, 1.54) is 36.8 Å². The molecule has 0 saturated heterocycles. The maximum Gasteiger partial charge on any atom is 0.0946 e. The van der Waals surface area contributed by atoms with E-state index in [-0.39, 0.29) is 3.74 Å². The van der Waals surface area contributed by atoms with Crippen molar-refractivity contribution in [3.8, 4) is 0 Å². The molecule has 0 radical (unpaired) electrons. The summed E-state index contributed by atoms with van der Waals surface area (Å²) in [5.41, 5.74) is 3.23. The molecule has 0 aliphatic heterocycles. The predicted octanol–water partition coefficient (Wildman–Crippen LogP) is 5.31. The molecular formula is C13H16Br2. The lowest BCUT2D eigenvalue weighted by atomic mass is 9.81. The van der Waals surface area contributed by atoms with E-state index < -0.39 is 0 Å². The van der Waals surface area contributed by atoms with Crippen LogP contribution in [0.3, 0.4) is 0 Å². The fourth-order valence-electron chi connectivity index (χ4n) is 2.47. The Balaban J connectivity index is 2.23. The topological polar surface area (TPSA) is 0 Å². The van der Waals surface area contributed by atoms with Crippen LogP contribution in [-0.4, -0.2) is 0 Å². The molecular weight excluding hydrogens is 316 g/mol. The fourth-order valence-corrected chi connectivity index (χ4v) is 3.09. The molecule has 1 aliphatic rings. The highest BCUT2D eigenvalue weighted by Gasteiger charge is 2.30. The SMILES string of the molecule is CC1(c2ccc(C(Br)Br)cc2)CCCC1. The molecule has 1 aromatic rings. The van der Waals surface area contributed by atoms with Crippen LogP contribution in [0.2, 0.25) is 0 Å². The van der Waals surface area contributed by atoms with Crippen LogP contribution >= 0.6 is 31.9 Å². The minimum Gasteiger partial charge on any atom is -0.0712 e. The Hall–Kier alpha value is 0.180. The van der Waals surface area contributed by atoms with Crippen molar-refractivity contribution in [2.75, 3.05) is 0 Å². The van der Waals surface area contributed by atoms with Crippen molar-refractivity contribution in [1.29, 1.82) is 0 Å². The Morgan fingerprint density at radius 3 is 2.07 bits per heavy atom. The summed E-state index contributed by atoms with van der Waals surface area (Å²) in [7, 11) is 0. The first-order valence-electron chi connectivity index (χ1n) is 5.50. The summed E-state index contributed by atoms with van der Waals surface area (Å²) in [5.74, 6) is 0. The zero-order chi connectivity index (χ0) is 10.9. The van der Waals surface area contributed by atoms with E-state index in [0.717, 1.165) is 0 Å². The van der Waals surface area contributed by atoms with Gasteiger partial charge >= 0.3 is 0 Å². The van der Waals surface area contributed by atoms with E-state index in [0.29, 0.717) is 5.41 Å². The van der Waals surface area contributed by atoms with Gasteiger partial charge in [-0.05, 0) is 29.4 Å². The van der Waals surface area contributed by atoms with Crippen LogP contribution in [0.4, 0.5) is 0 Å². The van der Waals surface area contributed by atoms with E-state index in [1.807, 2.05) is 0 Å². The molecule has 0 bridgehead atoms. The largest absolute Gasteiger partial charge is 0.0946 e. The Morgan fingerprint density at radius 1 is 1.07 bits per heavy atom. The third kappa shape index (κ3) is 2.47. The number of halogens is 2. The second kappa shape index (κ2) is 4.58. The number of hydrogen-bond donors (Lipinski definition) is 0. The summed E-state index contributed by atoms with van der Waals surface area (Å²) in [6.45, 7) is 2.40. The van der Waals surface area contributed by atoms with Crippen molar-refractivity contribution >= 4 is 31.9 Å². The van der Waals surface area contributed by atoms with Gasteiger partial charge in [0, 0.05) is 0 Å². The average Bonchev–Trinajstić information content (AvgIpc) is 2.67. The minimum atomic E-state index is 0.274. The number of rotatable bonds is 2. The zero-order valence-electron chi connectivity index (χ0n) is 8.97. The Kier molecular flexibility index (Phi) is 3.56. The summed E-state index contributed by atoms with van der Waals surface area (Å²) in [6.07, 6.45) is 5.46. The fraction of sp³-hybridized carbons (Fsp3) is 0.538. The highest BCUT2D eigenvalue weighted by molar-refractivity contribution is 9.24. The number of hydrogen-bond acceptors (Lipinski definition) is 0. The molecule has 0 amide bonds. The summed E-state index contributed by atoms with van der Waals surface area (Å²) < 4.78 is 0.274. The van der Waals surface area contributed by atoms with Gasteiger partial charge < -0.3 is 0 Å². The lowest BCUT2D eigenvalue weighted by Gasteiger charge is -2.24. The van der Waals surface area contributed by atoms with E-state index in [4.69, 9.17) is 0 Å². The second-order valence-electron chi connectivity index (χ2n) is 4.69. The van der Waals surface area contributed by atoms with Crippen LogP contribution in [0.25, 0.3) is 0 Å². The molecule has 0 aromatic heterocycles. The molecule has 0 spiro atoms. The first-order valence-corrected chi connectivity index (χ1v) is 7.33. The van der Waals surface area contributed by atoms with Crippen molar-refractivity contribution in [2.24, 2.45) is 0 Å². The van der Waals surface area contributed by atoms with Crippen LogP contribution < -0.4 is 0 Å². The second-order valence-corrected chi connectivity index (χ2v) is 7.75. The summed E-state index contributed by atoms with van der Waals surface area (Å²) in [6, 6.07) is 9.01. The van der Waals surface area contributed by atoms with Crippen LogP contribution in [0.1, 0.15) is 47.5 Å². The van der Waals surface area contributed by atoms with Crippen LogP contribution in [-0.2, 0) is 5.41 Å². The highest BCUT2D eigenvalue weighted by Crippen LogP contribution is 2.41. The van der Waals surface area contributed by atoms with Crippen LogP contribution in [0.5, 0.6) is 0 Å². The van der Waals surface area contributed by atoms with Gasteiger partial charge in [-0.1, -0.05) is 75.9 Å². The molecule has 1 aliphatic carbocycles. The normalized spacial score (nSPS) is 19.7. The lowest BCUT2D eigenvalue weighted by Crippen LogP contribution is -2.16. The van der Waals surface area contributed by atoms with Crippen LogP contribution in [0, 0.1) is 0 Å². The van der Waals surface area contributed by atoms with Gasteiger partial charge in [-0.3, -0.25) is 0 Å². The van der Waals surface area contributed by atoms with Crippen molar-refractivity contribution in [3.63, 3.8) is 0 Å². The van der Waals surface area contributed by atoms with E-state index in [1.54, 1.807) is 0 Å². The van der Waals surface area contributed by atoms with Gasteiger partial charge in [0.05, 0.1) is 3.74 Å². The van der Waals surface area contributed by atoms with Gasteiger partial charge in [0.2, 0.25) is 0 Å². The first-order chi connectivity index (χ1) is 7.12. The van der Waals surface area contributed by atoms with Crippen LogP contribution in [0.15, 0.2) is 24.3 Å². The first kappa shape index (κ1) is 11.7. The van der Waals surface area contributed by atoms with Crippen molar-refractivity contribution in [3.05, 3.63) is 35.4 Å². The standard InChI is InChI=1S/C13H16Br2/c1-13(8-2-3-9-13)11-6-4-10(5-7-11)12(14)15/h4-7,12H,2-3,8-9H2,1H3. The number of alkyl halides is 2. The molecule has 15 heavy (non-hydrogen) atoms. The third-order valence-corrected chi connectivity index (χ3v) is 4.62. The van der Waals surface area contributed by atoms with Crippen molar-refractivity contribution in [1.82, 2.24) is 0 Å². The molecule has 0 heterocycles. The molecule has 0 atom stereocenters. The van der Waals surface area contributed by atoms with Gasteiger partial charge in [0.1, 0.15) is 0 Å². The molecule has 1 saturated carbocycles. The van der Waals surface area contributed by atoms with Gasteiger partial charge in [0.25, 0.3) is 0 Å². The maximum absolute atomic E-state index is 3.52. The minimum absolute atomic E-state index is 0.274. The van der Waals surface area contributed by atoms with Gasteiger partial charge in [-0.15, -0.1) is 0 Å². The van der Waals surface area contributed by atoms with E-state index in [9.17, 15) is 0 Å². The van der Waals surface area contributed by atoms with Gasteiger partial charge in [-0.2, -0.15) is 0 Å². The predicted molar refractivity (Wildman–Crippen MR) is 72.9 cm³/mol. The Labute approximate surface area is 109 Å². The Morgan fingerprint density at radius 2 is 1.60 bits per heavy atom. The molecule has 2 heteroatoms. The van der Waals surface area contributed by atoms with Gasteiger partial charge in [-0.25, -0.2) is 0 Å². The third-order valence-electron chi connectivity index (χ3n) is 3.57. The molecule has 2 rings (SSSR count). The number of benzene rings is 1. The molecule has 82 valence electrons. The maximum atomic E-state index is 3.52. The monoisotopic (exact) mass is 330 g/mol. The lowest BCUT2D eigenvalue weighted by molar-refractivity contribution is 0.491. The van der Waals surface area contributed by atoms with E-state index >= 15 is 0 Å². The summed E-state index contributed by atoms with van der Waals surface area (Å²) >= 11 is 7.04. The molecule has 1 fully saturated rings. The van der Waals surface area contributed by atoms with Crippen molar-refractivity contribution in [2.45, 2.75) is 41.8 Å². The molecule has 0 nitrogen and oxygen atoms in total. The summed E-state index contributed by atoms with van der Waals surface area (Å²) in [4.78, 5) is 0. The van der Waals surface area contributed by atoms with Gasteiger partial charge in [0.15, 0.2) is 0 Å². The molecule has 0 unspecified atom stereocenters. The highest BCUT2D eigenvalue weighted by atomic mass is 79.9. The van der Waals surface area contributed by atoms with E-state index in [2.05, 4.69) is 63.0 Å². The average molecular weight is 332 g/mol. The van der Waals surface area contributed by atoms with Crippen molar-refractivity contribution < 1.29 is 0 Å². The Bertz CT molecular complexity index is 321. The quantitative estimate of drug-likeness (QED) is 0.644. The zero-order valence-corrected chi connectivity index (χ0v) is 12.1. The summed E-state index contributed by atoms with van der Waals surface area (Å²) in [5, 5.41) is 0. The smallest absolute Gasteiger partial charge is 0.0712 e.